The van der Waals surface area contributed by atoms with Crippen molar-refractivity contribution in [2.24, 2.45) is 0 Å². The molecule has 6 aromatic carbocycles. The third-order valence-corrected chi connectivity index (χ3v) is 10.6. The Hall–Kier alpha value is -5.28. The Balaban J connectivity index is 1.35. The van der Waals surface area contributed by atoms with Gasteiger partial charge in [0, 0.05) is 32.7 Å². The van der Waals surface area contributed by atoms with Gasteiger partial charge in [-0.2, -0.15) is 0 Å². The summed E-state index contributed by atoms with van der Waals surface area (Å²) in [5, 5.41) is 5.90. The summed E-state index contributed by atoms with van der Waals surface area (Å²) in [6.45, 7) is 9.57. The van der Waals surface area contributed by atoms with Crippen LogP contribution in [0.4, 0.5) is 0 Å². The molecule has 0 N–H and O–H groups in total. The van der Waals surface area contributed by atoms with Crippen molar-refractivity contribution in [1.82, 2.24) is 9.97 Å². The van der Waals surface area contributed by atoms with Crippen molar-refractivity contribution < 1.29 is 4.42 Å². The Labute approximate surface area is 262 Å². The number of rotatable bonds is 2. The standard InChI is InChI=1S/C42H32N2O/c1-41(2)32-21-18-25-12-8-9-15-28(25)36(32)30-20-23-35-37(38(30)42(41,3)4)31-24-27(19-22-34(31)45-35)40-43-33-17-11-10-16-29(33)39(44-40)26-13-6-5-7-14-26/h5-24H,1-4H3. The summed E-state index contributed by atoms with van der Waals surface area (Å²) in [6.07, 6.45) is 0. The second-order valence-corrected chi connectivity index (χ2v) is 13.4. The molecule has 0 unspecified atom stereocenters. The number of hydrogen-bond acceptors (Lipinski definition) is 3. The maximum atomic E-state index is 6.57. The molecule has 2 aromatic heterocycles. The molecule has 3 heteroatoms. The van der Waals surface area contributed by atoms with Crippen LogP contribution in [0.2, 0.25) is 0 Å². The molecule has 0 saturated heterocycles. The van der Waals surface area contributed by atoms with Crippen molar-refractivity contribution in [3.63, 3.8) is 0 Å². The molecule has 1 aliphatic rings. The van der Waals surface area contributed by atoms with Crippen molar-refractivity contribution in [2.45, 2.75) is 38.5 Å². The number of nitrogens with zero attached hydrogens (tertiary/aromatic N) is 2. The van der Waals surface area contributed by atoms with Gasteiger partial charge in [-0.1, -0.05) is 119 Å². The number of fused-ring (bicyclic) bond motifs is 10. The highest BCUT2D eigenvalue weighted by atomic mass is 16.3. The smallest absolute Gasteiger partial charge is 0.160 e. The summed E-state index contributed by atoms with van der Waals surface area (Å²) in [6, 6.07) is 42.9. The first-order valence-electron chi connectivity index (χ1n) is 15.7. The number of para-hydroxylation sites is 1. The lowest BCUT2D eigenvalue weighted by Crippen LogP contribution is -2.43. The fourth-order valence-electron chi connectivity index (χ4n) is 7.62. The highest BCUT2D eigenvalue weighted by molar-refractivity contribution is 6.13. The first-order chi connectivity index (χ1) is 21.8. The van der Waals surface area contributed by atoms with Gasteiger partial charge in [0.25, 0.3) is 0 Å². The van der Waals surface area contributed by atoms with Crippen LogP contribution < -0.4 is 0 Å². The van der Waals surface area contributed by atoms with Crippen LogP contribution in [0.15, 0.2) is 126 Å². The van der Waals surface area contributed by atoms with Gasteiger partial charge in [-0.05, 0) is 68.8 Å². The van der Waals surface area contributed by atoms with Crippen LogP contribution in [-0.4, -0.2) is 9.97 Å². The molecule has 0 aliphatic heterocycles. The van der Waals surface area contributed by atoms with Gasteiger partial charge in [-0.25, -0.2) is 9.97 Å². The van der Waals surface area contributed by atoms with Crippen molar-refractivity contribution in [3.05, 3.63) is 132 Å². The Morgan fingerprint density at radius 3 is 2.13 bits per heavy atom. The van der Waals surface area contributed by atoms with Crippen LogP contribution in [0.3, 0.4) is 0 Å². The van der Waals surface area contributed by atoms with E-state index in [1.165, 1.54) is 38.4 Å². The Morgan fingerprint density at radius 1 is 0.556 bits per heavy atom. The minimum absolute atomic E-state index is 0.124. The molecular formula is C42H32N2O. The van der Waals surface area contributed by atoms with E-state index in [9.17, 15) is 0 Å². The van der Waals surface area contributed by atoms with E-state index in [1.54, 1.807) is 0 Å². The summed E-state index contributed by atoms with van der Waals surface area (Å²) >= 11 is 0. The predicted octanol–water partition coefficient (Wildman–Crippen LogP) is 11.3. The minimum atomic E-state index is -0.177. The van der Waals surface area contributed by atoms with Crippen LogP contribution >= 0.6 is 0 Å². The second kappa shape index (κ2) is 9.12. The van der Waals surface area contributed by atoms with Crippen molar-refractivity contribution in [2.75, 3.05) is 0 Å². The van der Waals surface area contributed by atoms with Crippen LogP contribution in [-0.2, 0) is 10.8 Å². The monoisotopic (exact) mass is 580 g/mol. The maximum Gasteiger partial charge on any atom is 0.160 e. The Morgan fingerprint density at radius 2 is 1.29 bits per heavy atom. The normalized spacial score (nSPS) is 15.0. The van der Waals surface area contributed by atoms with Crippen molar-refractivity contribution in [1.29, 1.82) is 0 Å². The molecule has 2 heterocycles. The average molecular weight is 581 g/mol. The van der Waals surface area contributed by atoms with Crippen molar-refractivity contribution >= 4 is 43.6 Å². The summed E-state index contributed by atoms with van der Waals surface area (Å²) < 4.78 is 6.57. The van der Waals surface area contributed by atoms with Gasteiger partial charge in [0.15, 0.2) is 5.82 Å². The van der Waals surface area contributed by atoms with Gasteiger partial charge < -0.3 is 4.42 Å². The van der Waals surface area contributed by atoms with Crippen LogP contribution in [0.1, 0.15) is 38.8 Å². The lowest BCUT2D eigenvalue weighted by atomic mass is 9.54. The molecule has 1 aliphatic carbocycles. The third kappa shape index (κ3) is 3.58. The van der Waals surface area contributed by atoms with Gasteiger partial charge in [0.2, 0.25) is 0 Å². The van der Waals surface area contributed by atoms with E-state index in [4.69, 9.17) is 14.4 Å². The van der Waals surface area contributed by atoms with E-state index in [0.29, 0.717) is 5.82 Å². The molecule has 0 saturated carbocycles. The summed E-state index contributed by atoms with van der Waals surface area (Å²) in [5.74, 6) is 0.713. The first kappa shape index (κ1) is 26.2. The molecule has 0 amide bonds. The molecule has 0 radical (unpaired) electrons. The molecule has 9 rings (SSSR count). The molecule has 0 fully saturated rings. The van der Waals surface area contributed by atoms with E-state index >= 15 is 0 Å². The summed E-state index contributed by atoms with van der Waals surface area (Å²) in [7, 11) is 0. The highest BCUT2D eigenvalue weighted by Gasteiger charge is 2.47. The maximum absolute atomic E-state index is 6.57. The van der Waals surface area contributed by atoms with E-state index in [1.807, 2.05) is 12.1 Å². The molecule has 0 atom stereocenters. The molecule has 3 nitrogen and oxygen atoms in total. The number of furan rings is 1. The van der Waals surface area contributed by atoms with Crippen LogP contribution in [0.25, 0.3) is 77.4 Å². The van der Waals surface area contributed by atoms with E-state index in [0.717, 1.165) is 44.3 Å². The molecular weight excluding hydrogens is 548 g/mol. The second-order valence-electron chi connectivity index (χ2n) is 13.4. The Kier molecular flexibility index (Phi) is 5.30. The van der Waals surface area contributed by atoms with Gasteiger partial charge in [-0.15, -0.1) is 0 Å². The van der Waals surface area contributed by atoms with E-state index < -0.39 is 0 Å². The molecule has 0 spiro atoms. The van der Waals surface area contributed by atoms with E-state index in [2.05, 4.69) is 137 Å². The lowest BCUT2D eigenvalue weighted by molar-refractivity contribution is 0.302. The SMILES string of the molecule is CC1(C)c2ccc3ccccc3c2-c2ccc3oc4ccc(-c5nc(-c6ccccc6)c6ccccc6n5)cc4c3c2C1(C)C. The van der Waals surface area contributed by atoms with Gasteiger partial charge >= 0.3 is 0 Å². The third-order valence-electron chi connectivity index (χ3n) is 10.6. The van der Waals surface area contributed by atoms with Crippen molar-refractivity contribution in [3.8, 4) is 33.8 Å². The Bertz CT molecular complexity index is 2480. The topological polar surface area (TPSA) is 38.9 Å². The van der Waals surface area contributed by atoms with Gasteiger partial charge in [0.05, 0.1) is 11.2 Å². The van der Waals surface area contributed by atoms with Gasteiger partial charge in [-0.3, -0.25) is 0 Å². The number of hydrogen-bond donors (Lipinski definition) is 0. The zero-order valence-electron chi connectivity index (χ0n) is 25.8. The van der Waals surface area contributed by atoms with Crippen LogP contribution in [0, 0.1) is 0 Å². The summed E-state index contributed by atoms with van der Waals surface area (Å²) in [5.41, 5.74) is 10.8. The largest absolute Gasteiger partial charge is 0.456 e. The first-order valence-corrected chi connectivity index (χ1v) is 15.7. The average Bonchev–Trinajstić information content (AvgIpc) is 3.44. The molecule has 0 bridgehead atoms. The molecule has 216 valence electrons. The van der Waals surface area contributed by atoms with E-state index in [-0.39, 0.29) is 10.8 Å². The zero-order chi connectivity index (χ0) is 30.5. The fraction of sp³-hybridized carbons (Fsp3) is 0.143. The lowest BCUT2D eigenvalue weighted by Gasteiger charge is -2.49. The van der Waals surface area contributed by atoms with Gasteiger partial charge in [0.1, 0.15) is 11.2 Å². The zero-order valence-corrected chi connectivity index (χ0v) is 25.8. The fourth-order valence-corrected chi connectivity index (χ4v) is 7.62. The number of aromatic nitrogens is 2. The predicted molar refractivity (Wildman–Crippen MR) is 187 cm³/mol. The number of benzene rings is 6. The quantitative estimate of drug-likeness (QED) is 0.204. The molecule has 8 aromatic rings. The highest BCUT2D eigenvalue weighted by Crippen LogP contribution is 2.58. The minimum Gasteiger partial charge on any atom is -0.456 e. The van der Waals surface area contributed by atoms with Crippen LogP contribution in [0.5, 0.6) is 0 Å². The summed E-state index contributed by atoms with van der Waals surface area (Å²) in [4.78, 5) is 10.2. The molecule has 45 heavy (non-hydrogen) atoms.